The number of aryl methyl sites for hydroxylation is 2. The van der Waals surface area contributed by atoms with Crippen molar-refractivity contribution in [2.45, 2.75) is 38.5 Å². The third-order valence-electron chi connectivity index (χ3n) is 4.45. The minimum Gasteiger partial charge on any atom is -0.316 e. The Kier molecular flexibility index (Phi) is 4.69. The highest BCUT2D eigenvalue weighted by molar-refractivity contribution is 7.92. The first-order chi connectivity index (χ1) is 12.6. The zero-order valence-electron chi connectivity index (χ0n) is 15.5. The maximum absolute atomic E-state index is 12.9. The average Bonchev–Trinajstić information content (AvgIpc) is 2.55. The number of aromatic nitrogens is 2. The van der Waals surface area contributed by atoms with Gasteiger partial charge in [-0.05, 0) is 60.7 Å². The van der Waals surface area contributed by atoms with Crippen molar-refractivity contribution in [3.63, 3.8) is 0 Å². The van der Waals surface area contributed by atoms with Crippen LogP contribution in [0.25, 0.3) is 11.0 Å². The Morgan fingerprint density at radius 1 is 0.889 bits per heavy atom. The monoisotopic (exact) mass is 387 g/mol. The molecule has 142 valence electrons. The van der Waals surface area contributed by atoms with Crippen LogP contribution in [0, 0.1) is 13.8 Å². The second-order valence-electron chi connectivity index (χ2n) is 6.90. The molecule has 0 bridgehead atoms. The molecule has 0 unspecified atom stereocenters. The van der Waals surface area contributed by atoms with Crippen LogP contribution < -0.4 is 15.8 Å². The molecule has 0 amide bonds. The molecule has 0 atom stereocenters. The summed E-state index contributed by atoms with van der Waals surface area (Å²) in [7, 11) is -3.87. The van der Waals surface area contributed by atoms with E-state index in [0.717, 1.165) is 11.1 Å². The topological polar surface area (TPSA) is 112 Å². The Labute approximate surface area is 156 Å². The molecular formula is C19H21N3O4S. The molecule has 1 heterocycles. The second-order valence-corrected chi connectivity index (χ2v) is 8.55. The van der Waals surface area contributed by atoms with Gasteiger partial charge in [0.2, 0.25) is 0 Å². The van der Waals surface area contributed by atoms with E-state index in [-0.39, 0.29) is 10.4 Å². The minimum absolute atomic E-state index is 0.0308. The van der Waals surface area contributed by atoms with Gasteiger partial charge in [0, 0.05) is 5.69 Å². The zero-order chi connectivity index (χ0) is 19.9. The highest BCUT2D eigenvalue weighted by Gasteiger charge is 2.19. The fraction of sp³-hybridized carbons (Fsp3) is 0.263. The Balaban J connectivity index is 2.05. The maximum atomic E-state index is 12.9. The molecule has 27 heavy (non-hydrogen) atoms. The number of benzene rings is 2. The molecule has 3 rings (SSSR count). The van der Waals surface area contributed by atoms with E-state index in [4.69, 9.17) is 0 Å². The first-order valence-corrected chi connectivity index (χ1v) is 9.97. The summed E-state index contributed by atoms with van der Waals surface area (Å²) in [5.41, 5.74) is 2.08. The van der Waals surface area contributed by atoms with Crippen LogP contribution in [0.2, 0.25) is 0 Å². The summed E-state index contributed by atoms with van der Waals surface area (Å²) in [5.74, 6) is 0.345. The van der Waals surface area contributed by atoms with E-state index >= 15 is 0 Å². The maximum Gasteiger partial charge on any atom is 0.314 e. The zero-order valence-corrected chi connectivity index (χ0v) is 16.3. The SMILES string of the molecule is Cc1cc(NS(=O)(=O)c2cc3[nH]c(=O)c(=O)[nH]c3cc2C)ccc1C(C)C. The van der Waals surface area contributed by atoms with Crippen LogP contribution in [0.4, 0.5) is 5.69 Å². The van der Waals surface area contributed by atoms with Gasteiger partial charge in [-0.25, -0.2) is 8.42 Å². The molecule has 3 N–H and O–H groups in total. The number of anilines is 1. The van der Waals surface area contributed by atoms with Crippen molar-refractivity contribution < 1.29 is 8.42 Å². The van der Waals surface area contributed by atoms with Gasteiger partial charge in [0.1, 0.15) is 0 Å². The molecule has 2 aromatic carbocycles. The van der Waals surface area contributed by atoms with Gasteiger partial charge in [0.15, 0.2) is 0 Å². The predicted octanol–water partition coefficient (Wildman–Crippen LogP) is 2.76. The average molecular weight is 387 g/mol. The molecule has 0 spiro atoms. The summed E-state index contributed by atoms with van der Waals surface area (Å²) in [5, 5.41) is 0. The first kappa shape index (κ1) is 18.9. The van der Waals surface area contributed by atoms with E-state index in [1.165, 1.54) is 12.1 Å². The highest BCUT2D eigenvalue weighted by atomic mass is 32.2. The fourth-order valence-corrected chi connectivity index (χ4v) is 4.44. The van der Waals surface area contributed by atoms with E-state index in [9.17, 15) is 18.0 Å². The van der Waals surface area contributed by atoms with Gasteiger partial charge >= 0.3 is 11.1 Å². The Morgan fingerprint density at radius 2 is 1.48 bits per heavy atom. The summed E-state index contributed by atoms with van der Waals surface area (Å²) < 4.78 is 28.3. The summed E-state index contributed by atoms with van der Waals surface area (Å²) >= 11 is 0. The minimum atomic E-state index is -3.87. The smallest absolute Gasteiger partial charge is 0.314 e. The van der Waals surface area contributed by atoms with Gasteiger partial charge < -0.3 is 9.97 Å². The van der Waals surface area contributed by atoms with Crippen LogP contribution in [0.1, 0.15) is 36.5 Å². The van der Waals surface area contributed by atoms with Gasteiger partial charge in [-0.3, -0.25) is 14.3 Å². The van der Waals surface area contributed by atoms with Crippen molar-refractivity contribution >= 4 is 26.7 Å². The molecule has 0 aliphatic rings. The number of rotatable bonds is 4. The van der Waals surface area contributed by atoms with Gasteiger partial charge in [0.25, 0.3) is 10.0 Å². The molecule has 0 fully saturated rings. The number of aromatic amines is 2. The van der Waals surface area contributed by atoms with E-state index in [1.54, 1.807) is 19.1 Å². The summed E-state index contributed by atoms with van der Waals surface area (Å²) in [6, 6.07) is 8.31. The van der Waals surface area contributed by atoms with Gasteiger partial charge in [-0.2, -0.15) is 0 Å². The van der Waals surface area contributed by atoms with Gasteiger partial charge in [0.05, 0.1) is 15.9 Å². The van der Waals surface area contributed by atoms with Gasteiger partial charge in [-0.1, -0.05) is 19.9 Å². The molecule has 0 saturated carbocycles. The lowest BCUT2D eigenvalue weighted by atomic mass is 9.98. The number of H-pyrrole nitrogens is 2. The van der Waals surface area contributed by atoms with Crippen molar-refractivity contribution in [1.82, 2.24) is 9.97 Å². The van der Waals surface area contributed by atoms with Gasteiger partial charge in [-0.15, -0.1) is 0 Å². The summed E-state index contributed by atoms with van der Waals surface area (Å²) in [6.45, 7) is 7.73. The molecule has 0 aliphatic carbocycles. The molecule has 7 nitrogen and oxygen atoms in total. The van der Waals surface area contributed by atoms with Crippen LogP contribution in [-0.4, -0.2) is 18.4 Å². The summed E-state index contributed by atoms with van der Waals surface area (Å²) in [4.78, 5) is 27.8. The standard InChI is InChI=1S/C19H21N3O4S/c1-10(2)14-6-5-13(7-11(14)3)22-27(25,26)17-9-16-15(8-12(17)4)20-18(23)19(24)21-16/h5-10,22H,1-4H3,(H,20,23)(H,21,24). The van der Waals surface area contributed by atoms with E-state index in [1.807, 2.05) is 13.0 Å². The fourth-order valence-electron chi connectivity index (χ4n) is 3.14. The van der Waals surface area contributed by atoms with Crippen LogP contribution in [0.15, 0.2) is 44.8 Å². The largest absolute Gasteiger partial charge is 0.316 e. The number of nitrogens with one attached hydrogen (secondary N) is 3. The van der Waals surface area contributed by atoms with Crippen LogP contribution in [-0.2, 0) is 10.0 Å². The predicted molar refractivity (Wildman–Crippen MR) is 106 cm³/mol. The Morgan fingerprint density at radius 3 is 2.04 bits per heavy atom. The highest BCUT2D eigenvalue weighted by Crippen LogP contribution is 2.26. The van der Waals surface area contributed by atoms with Crippen molar-refractivity contribution in [3.8, 4) is 0 Å². The van der Waals surface area contributed by atoms with E-state index in [0.29, 0.717) is 22.7 Å². The van der Waals surface area contributed by atoms with E-state index in [2.05, 4.69) is 28.5 Å². The molecule has 1 aromatic heterocycles. The molecule has 0 aliphatic heterocycles. The van der Waals surface area contributed by atoms with Crippen LogP contribution in [0.5, 0.6) is 0 Å². The molecule has 0 saturated heterocycles. The van der Waals surface area contributed by atoms with Crippen molar-refractivity contribution in [1.29, 1.82) is 0 Å². The van der Waals surface area contributed by atoms with Crippen molar-refractivity contribution in [2.75, 3.05) is 4.72 Å². The molecule has 8 heteroatoms. The van der Waals surface area contributed by atoms with Crippen molar-refractivity contribution in [3.05, 3.63) is 67.7 Å². The number of hydrogen-bond acceptors (Lipinski definition) is 4. The molecular weight excluding hydrogens is 366 g/mol. The molecule has 3 aromatic rings. The first-order valence-electron chi connectivity index (χ1n) is 8.49. The number of fused-ring (bicyclic) bond motifs is 1. The summed E-state index contributed by atoms with van der Waals surface area (Å²) in [6.07, 6.45) is 0. The normalized spacial score (nSPS) is 11.9. The lowest BCUT2D eigenvalue weighted by Crippen LogP contribution is -2.29. The lowest BCUT2D eigenvalue weighted by Gasteiger charge is -2.14. The quantitative estimate of drug-likeness (QED) is 0.598. The Hall–Kier alpha value is -2.87. The van der Waals surface area contributed by atoms with Crippen LogP contribution in [0.3, 0.4) is 0 Å². The number of hydrogen-bond donors (Lipinski definition) is 3. The number of sulfonamides is 1. The Bertz CT molecular complexity index is 1250. The van der Waals surface area contributed by atoms with E-state index < -0.39 is 21.1 Å². The second kappa shape index (κ2) is 6.70. The van der Waals surface area contributed by atoms with Crippen molar-refractivity contribution in [2.24, 2.45) is 0 Å². The van der Waals surface area contributed by atoms with Crippen LogP contribution >= 0.6 is 0 Å². The third-order valence-corrected chi connectivity index (χ3v) is 5.97. The molecule has 0 radical (unpaired) electrons. The lowest BCUT2D eigenvalue weighted by molar-refractivity contribution is 0.600. The third kappa shape index (κ3) is 3.66.